The molecule has 1 fully saturated rings. The second-order valence-corrected chi connectivity index (χ2v) is 3.59. The van der Waals surface area contributed by atoms with E-state index in [4.69, 9.17) is 11.2 Å². The molecule has 5 atom stereocenters. The van der Waals surface area contributed by atoms with Crippen molar-refractivity contribution in [1.29, 1.82) is 0 Å². The molecular weight excluding hydrogens is 235 g/mol. The van der Waals surface area contributed by atoms with Crippen LogP contribution in [-0.4, -0.2) is 44.7 Å². The van der Waals surface area contributed by atoms with Gasteiger partial charge in [0.1, 0.15) is 12.2 Å². The van der Waals surface area contributed by atoms with Gasteiger partial charge in [-0.1, -0.05) is 0 Å². The van der Waals surface area contributed by atoms with E-state index in [1.807, 2.05) is 4.98 Å². The molecule has 1 unspecified atom stereocenters. The smallest absolute Gasteiger partial charge is 0.330 e. The molecule has 1 aliphatic heterocycles. The van der Waals surface area contributed by atoms with E-state index in [2.05, 4.69) is 0 Å². The molecule has 3 N–H and O–H groups in total. The van der Waals surface area contributed by atoms with Crippen LogP contribution in [0.4, 0.5) is 4.39 Å². The van der Waals surface area contributed by atoms with Crippen molar-refractivity contribution in [3.63, 3.8) is 0 Å². The Bertz CT molecular complexity index is 544. The number of aromatic amines is 1. The molecule has 94 valence electrons. The summed E-state index contributed by atoms with van der Waals surface area (Å²) in [5, 5.41) is 18.4. The van der Waals surface area contributed by atoms with Gasteiger partial charge in [0.05, 0.1) is 7.95 Å². The summed E-state index contributed by atoms with van der Waals surface area (Å²) in [4.78, 5) is 24.2. The van der Waals surface area contributed by atoms with Crippen LogP contribution in [0.15, 0.2) is 21.9 Å². The monoisotopic (exact) mass is 247 g/mol. The van der Waals surface area contributed by atoms with E-state index in [9.17, 15) is 19.1 Å². The number of H-pyrrole nitrogens is 1. The number of alkyl halides is 1. The van der Waals surface area contributed by atoms with Gasteiger partial charge in [-0.3, -0.25) is 14.3 Å². The van der Waals surface area contributed by atoms with Crippen molar-refractivity contribution in [1.82, 2.24) is 9.55 Å². The second-order valence-electron chi connectivity index (χ2n) is 3.59. The Morgan fingerprint density at radius 3 is 2.88 bits per heavy atom. The molecule has 0 aromatic carbocycles. The zero-order chi connectivity index (χ0) is 13.4. The lowest BCUT2D eigenvalue weighted by Gasteiger charge is -2.15. The molecule has 1 saturated heterocycles. The Morgan fingerprint density at radius 1 is 1.65 bits per heavy atom. The maximum atomic E-state index is 13.7. The summed E-state index contributed by atoms with van der Waals surface area (Å²) in [6.45, 7) is -1.83. The van der Waals surface area contributed by atoms with Gasteiger partial charge in [-0.15, -0.1) is 0 Å². The van der Waals surface area contributed by atoms with Crippen molar-refractivity contribution < 1.29 is 20.7 Å². The standard InChI is InChI=1S/C9H11FN2O5/c10-6-7(15)4(3-13)17-8(6)12-2-1-5(14)11-9(12)16/h1-2,4,6-8,13,15H,3H2,(H,11,14,16)/t4-,6-,7-,8-/m1/s1/i3D/t3?,4-,6-,7-,8-. The molecule has 0 saturated carbocycles. The first-order valence-electron chi connectivity index (χ1n) is 5.39. The zero-order valence-electron chi connectivity index (χ0n) is 9.49. The fourth-order valence-electron chi connectivity index (χ4n) is 1.64. The van der Waals surface area contributed by atoms with Gasteiger partial charge in [0.15, 0.2) is 12.4 Å². The Morgan fingerprint density at radius 2 is 2.35 bits per heavy atom. The van der Waals surface area contributed by atoms with E-state index in [0.29, 0.717) is 0 Å². The van der Waals surface area contributed by atoms with Crippen molar-refractivity contribution in [2.75, 3.05) is 6.58 Å². The molecule has 2 heterocycles. The lowest BCUT2D eigenvalue weighted by molar-refractivity contribution is -0.0491. The van der Waals surface area contributed by atoms with Crippen molar-refractivity contribution in [3.8, 4) is 0 Å². The van der Waals surface area contributed by atoms with Gasteiger partial charge in [-0.05, 0) is 0 Å². The molecular formula is C9H11FN2O5. The molecule has 1 aromatic rings. The van der Waals surface area contributed by atoms with Gasteiger partial charge in [-0.2, -0.15) is 0 Å². The molecule has 7 nitrogen and oxygen atoms in total. The molecule has 2 rings (SSSR count). The van der Waals surface area contributed by atoms with Crippen LogP contribution < -0.4 is 11.2 Å². The summed E-state index contributed by atoms with van der Waals surface area (Å²) in [6.07, 6.45) is -5.64. The van der Waals surface area contributed by atoms with Gasteiger partial charge >= 0.3 is 5.69 Å². The van der Waals surface area contributed by atoms with Crippen molar-refractivity contribution in [2.45, 2.75) is 24.6 Å². The van der Waals surface area contributed by atoms with E-state index in [0.717, 1.165) is 16.8 Å². The molecule has 1 aromatic heterocycles. The van der Waals surface area contributed by atoms with Crippen molar-refractivity contribution in [2.24, 2.45) is 0 Å². The lowest BCUT2D eigenvalue weighted by Crippen LogP contribution is -2.35. The van der Waals surface area contributed by atoms with Crippen LogP contribution in [-0.2, 0) is 4.74 Å². The van der Waals surface area contributed by atoms with Crippen molar-refractivity contribution >= 4 is 0 Å². The highest BCUT2D eigenvalue weighted by Gasteiger charge is 2.45. The van der Waals surface area contributed by atoms with E-state index in [1.165, 1.54) is 0 Å². The lowest BCUT2D eigenvalue weighted by atomic mass is 10.1. The topological polar surface area (TPSA) is 105 Å². The first-order chi connectivity index (χ1) is 8.41. The summed E-state index contributed by atoms with van der Waals surface area (Å²) >= 11 is 0. The number of ether oxygens (including phenoxy) is 1. The Hall–Kier alpha value is -1.51. The van der Waals surface area contributed by atoms with Crippen LogP contribution in [0.1, 0.15) is 7.60 Å². The summed E-state index contributed by atoms with van der Waals surface area (Å²) in [7, 11) is 0. The minimum Gasteiger partial charge on any atom is -0.394 e. The SMILES string of the molecule is [2H]C(O)[C@H]1O[C@@H](n2ccc(=O)[nH]c2=O)[C@H](F)[C@@H]1O. The number of hydrogen-bond donors (Lipinski definition) is 3. The number of nitrogens with zero attached hydrogens (tertiary/aromatic N) is 1. The largest absolute Gasteiger partial charge is 0.394 e. The summed E-state index contributed by atoms with van der Waals surface area (Å²) in [5.41, 5.74) is -1.55. The minimum atomic E-state index is -1.99. The highest BCUT2D eigenvalue weighted by Crippen LogP contribution is 2.30. The molecule has 0 radical (unpaired) electrons. The van der Waals surface area contributed by atoms with E-state index >= 15 is 0 Å². The number of aliphatic hydroxyl groups is 2. The maximum Gasteiger partial charge on any atom is 0.330 e. The summed E-state index contributed by atoms with van der Waals surface area (Å²) in [5.74, 6) is 0. The predicted molar refractivity (Wildman–Crippen MR) is 53.2 cm³/mol. The third-order valence-electron chi connectivity index (χ3n) is 2.50. The number of nitrogens with one attached hydrogen (secondary N) is 1. The Balaban J connectivity index is 2.35. The summed E-state index contributed by atoms with van der Waals surface area (Å²) < 4.78 is 26.4. The van der Waals surface area contributed by atoms with Crippen LogP contribution in [0.5, 0.6) is 0 Å². The van der Waals surface area contributed by atoms with E-state index < -0.39 is 42.4 Å². The van der Waals surface area contributed by atoms with Gasteiger partial charge in [-0.25, -0.2) is 9.18 Å². The molecule has 17 heavy (non-hydrogen) atoms. The zero-order valence-corrected chi connectivity index (χ0v) is 8.49. The van der Waals surface area contributed by atoms with Gasteiger partial charge < -0.3 is 14.9 Å². The minimum absolute atomic E-state index is 0.651. The Labute approximate surface area is 95.5 Å². The number of hydrogen-bond acceptors (Lipinski definition) is 5. The normalized spacial score (nSPS) is 35.6. The Kier molecular flexibility index (Phi) is 2.75. The number of aromatic nitrogens is 2. The highest BCUT2D eigenvalue weighted by atomic mass is 19.1. The molecule has 0 bridgehead atoms. The van der Waals surface area contributed by atoms with E-state index in [-0.39, 0.29) is 0 Å². The molecule has 0 spiro atoms. The first kappa shape index (κ1) is 10.6. The maximum absolute atomic E-state index is 13.7. The average molecular weight is 247 g/mol. The molecule has 8 heteroatoms. The van der Waals surface area contributed by atoms with Crippen LogP contribution in [0, 0.1) is 0 Å². The molecule has 0 aliphatic carbocycles. The predicted octanol–water partition coefficient (Wildman–Crippen LogP) is -1.87. The third-order valence-corrected chi connectivity index (χ3v) is 2.50. The van der Waals surface area contributed by atoms with Crippen LogP contribution in [0.25, 0.3) is 0 Å². The second kappa shape index (κ2) is 4.40. The fourth-order valence-corrected chi connectivity index (χ4v) is 1.64. The quantitative estimate of drug-likeness (QED) is 0.567. The average Bonchev–Trinajstić information content (AvgIpc) is 2.57. The number of halogens is 1. The first-order valence-corrected chi connectivity index (χ1v) is 4.81. The summed E-state index contributed by atoms with van der Waals surface area (Å²) in [6, 6.07) is 0.994. The molecule has 1 aliphatic rings. The van der Waals surface area contributed by atoms with E-state index in [1.54, 1.807) is 0 Å². The fraction of sp³-hybridized carbons (Fsp3) is 0.556. The molecule has 0 amide bonds. The van der Waals surface area contributed by atoms with Gasteiger partial charge in [0, 0.05) is 12.3 Å². The van der Waals surface area contributed by atoms with Gasteiger partial charge in [0.2, 0.25) is 0 Å². The van der Waals surface area contributed by atoms with Crippen LogP contribution in [0.2, 0.25) is 0 Å². The van der Waals surface area contributed by atoms with Crippen LogP contribution in [0.3, 0.4) is 0 Å². The van der Waals surface area contributed by atoms with Crippen LogP contribution >= 0.6 is 0 Å². The van der Waals surface area contributed by atoms with Gasteiger partial charge in [0.25, 0.3) is 5.56 Å². The highest BCUT2D eigenvalue weighted by molar-refractivity contribution is 4.93. The third kappa shape index (κ3) is 2.02. The number of rotatable bonds is 2. The number of aliphatic hydroxyl groups excluding tert-OH is 2. The van der Waals surface area contributed by atoms with Crippen molar-refractivity contribution in [3.05, 3.63) is 33.1 Å².